The van der Waals surface area contributed by atoms with E-state index in [0.29, 0.717) is 55.6 Å². The molecule has 1 aliphatic heterocycles. The van der Waals surface area contributed by atoms with E-state index in [1.54, 1.807) is 18.6 Å². The highest BCUT2D eigenvalue weighted by Gasteiger charge is 2.18. The number of hydrogen-bond donors (Lipinski definition) is 3. The first-order valence-electron chi connectivity index (χ1n) is 12.8. The van der Waals surface area contributed by atoms with Gasteiger partial charge in [-0.25, -0.2) is 28.2 Å². The Bertz CT molecular complexity index is 1590. The number of nitrogens with zero attached hydrogens (tertiary/aromatic N) is 5. The van der Waals surface area contributed by atoms with E-state index >= 15 is 0 Å². The van der Waals surface area contributed by atoms with Crippen LogP contribution < -0.4 is 15.4 Å². The number of urea groups is 1. The van der Waals surface area contributed by atoms with Gasteiger partial charge >= 0.3 is 6.03 Å². The number of rotatable bonds is 9. The second-order valence-electron chi connectivity index (χ2n) is 9.27. The molecule has 1 aliphatic rings. The average molecular weight is 583 g/mol. The lowest BCUT2D eigenvalue weighted by molar-refractivity contribution is 0.0408. The normalized spacial score (nSPS) is 14.2. The van der Waals surface area contributed by atoms with Crippen molar-refractivity contribution < 1.29 is 17.9 Å². The van der Waals surface area contributed by atoms with E-state index in [9.17, 15) is 13.2 Å². The number of pyridine rings is 1. The molecule has 0 aliphatic carbocycles. The first-order valence-corrected chi connectivity index (χ1v) is 15.3. The molecule has 210 valence electrons. The van der Waals surface area contributed by atoms with Crippen molar-refractivity contribution in [3.8, 4) is 22.4 Å². The molecule has 0 bridgehead atoms. The molecule has 14 heteroatoms. The van der Waals surface area contributed by atoms with Gasteiger partial charge in [-0.15, -0.1) is 0 Å². The minimum atomic E-state index is -3.61. The van der Waals surface area contributed by atoms with Crippen molar-refractivity contribution >= 4 is 48.7 Å². The Labute approximate surface area is 236 Å². The highest BCUT2D eigenvalue weighted by atomic mass is 32.2. The topological polar surface area (TPSA) is 151 Å². The van der Waals surface area contributed by atoms with Gasteiger partial charge < -0.3 is 10.1 Å². The zero-order valence-electron chi connectivity index (χ0n) is 22.2. The maximum Gasteiger partial charge on any atom is 0.321 e. The van der Waals surface area contributed by atoms with Crippen LogP contribution in [-0.2, 0) is 14.8 Å². The lowest BCUT2D eigenvalue weighted by Crippen LogP contribution is -2.39. The third-order valence-corrected chi connectivity index (χ3v) is 8.48. The van der Waals surface area contributed by atoms with Crippen LogP contribution in [0.1, 0.15) is 12.5 Å². The summed E-state index contributed by atoms with van der Waals surface area (Å²) in [5, 5.41) is 5.95. The van der Waals surface area contributed by atoms with Crippen LogP contribution in [0.25, 0.3) is 32.6 Å². The lowest BCUT2D eigenvalue weighted by Gasteiger charge is -2.26. The van der Waals surface area contributed by atoms with E-state index in [1.165, 1.54) is 11.3 Å². The van der Waals surface area contributed by atoms with E-state index in [4.69, 9.17) is 4.74 Å². The smallest absolute Gasteiger partial charge is 0.321 e. The summed E-state index contributed by atoms with van der Waals surface area (Å²) >= 11 is 1.36. The number of carbonyl (C=O) groups excluding carboxylic acids is 1. The summed E-state index contributed by atoms with van der Waals surface area (Å²) in [6.45, 7) is 7.38. The van der Waals surface area contributed by atoms with Gasteiger partial charge in [0.05, 0.1) is 34.9 Å². The predicted molar refractivity (Wildman–Crippen MR) is 156 cm³/mol. The van der Waals surface area contributed by atoms with Crippen LogP contribution in [0.3, 0.4) is 0 Å². The van der Waals surface area contributed by atoms with Gasteiger partial charge in [0, 0.05) is 55.9 Å². The zero-order chi connectivity index (χ0) is 28.1. The van der Waals surface area contributed by atoms with Crippen molar-refractivity contribution in [2.45, 2.75) is 13.8 Å². The number of thiazole rings is 1. The van der Waals surface area contributed by atoms with Crippen LogP contribution in [0.15, 0.2) is 42.9 Å². The first kappa shape index (κ1) is 27.8. The summed E-state index contributed by atoms with van der Waals surface area (Å²) < 4.78 is 33.8. The molecule has 1 fully saturated rings. The van der Waals surface area contributed by atoms with Crippen molar-refractivity contribution in [3.63, 3.8) is 0 Å². The number of carbonyl (C=O) groups is 1. The molecular formula is C26H30N8O4S2. The molecule has 4 aromatic rings. The van der Waals surface area contributed by atoms with Gasteiger partial charge in [-0.05, 0) is 43.2 Å². The summed E-state index contributed by atoms with van der Waals surface area (Å²) in [6, 6.07) is 7.46. The number of ether oxygens (including phenoxy) is 1. The molecule has 0 unspecified atom stereocenters. The summed E-state index contributed by atoms with van der Waals surface area (Å²) in [5.41, 5.74) is 4.78. The maximum atomic E-state index is 12.6. The van der Waals surface area contributed by atoms with Crippen LogP contribution in [0.5, 0.6) is 0 Å². The van der Waals surface area contributed by atoms with Gasteiger partial charge in [0.2, 0.25) is 16.0 Å². The van der Waals surface area contributed by atoms with Crippen molar-refractivity contribution in [2.75, 3.05) is 55.2 Å². The summed E-state index contributed by atoms with van der Waals surface area (Å²) in [5.74, 6) is -0.0488. The number of fused-ring (bicyclic) bond motifs is 1. The minimum Gasteiger partial charge on any atom is -0.379 e. The molecule has 0 radical (unpaired) electrons. The van der Waals surface area contributed by atoms with Crippen LogP contribution in [-0.4, -0.2) is 84.4 Å². The second-order valence-corrected chi connectivity index (χ2v) is 12.1. The van der Waals surface area contributed by atoms with E-state index in [-0.39, 0.29) is 17.7 Å². The predicted octanol–water partition coefficient (Wildman–Crippen LogP) is 3.34. The number of benzene rings is 1. The molecule has 1 saturated heterocycles. The number of sulfonamides is 1. The minimum absolute atomic E-state index is 0.00862. The summed E-state index contributed by atoms with van der Waals surface area (Å²) in [6.07, 6.45) is 4.94. The summed E-state index contributed by atoms with van der Waals surface area (Å²) in [7, 11) is -3.61. The Kier molecular flexibility index (Phi) is 8.49. The van der Waals surface area contributed by atoms with Crippen LogP contribution in [0, 0.1) is 6.92 Å². The van der Waals surface area contributed by atoms with Gasteiger partial charge in [-0.3, -0.25) is 19.9 Å². The lowest BCUT2D eigenvalue weighted by atomic mass is 10.0. The van der Waals surface area contributed by atoms with Crippen molar-refractivity contribution in [3.05, 3.63) is 48.4 Å². The van der Waals surface area contributed by atoms with E-state index in [1.807, 2.05) is 38.1 Å². The molecule has 3 aromatic heterocycles. The molecule has 0 atom stereocenters. The standard InChI is InChI=1S/C26H30N8O4S2/c1-3-27-25(35)32-26-31-22-13-18(12-20(23(22)39-26)21-5-4-17(2)14-28-21)19-15-29-24(30-16-19)33-40(36,37)11-8-34-6-9-38-10-7-34/h4-5,12-16H,3,6-11H2,1-2H3,(H,29,30,33)(H2,27,31,32,35). The molecule has 2 amide bonds. The molecule has 40 heavy (non-hydrogen) atoms. The van der Waals surface area contributed by atoms with Gasteiger partial charge in [-0.1, -0.05) is 17.4 Å². The molecule has 0 spiro atoms. The number of nitrogens with one attached hydrogen (secondary N) is 3. The highest BCUT2D eigenvalue weighted by Crippen LogP contribution is 2.38. The molecular weight excluding hydrogens is 552 g/mol. The van der Waals surface area contributed by atoms with Crippen LogP contribution in [0.2, 0.25) is 0 Å². The van der Waals surface area contributed by atoms with E-state index < -0.39 is 10.0 Å². The number of anilines is 2. The number of aryl methyl sites for hydroxylation is 1. The fourth-order valence-corrected chi connectivity index (χ4v) is 6.11. The molecule has 4 heterocycles. The fraction of sp³-hybridized carbons (Fsp3) is 0.346. The second kappa shape index (κ2) is 12.2. The van der Waals surface area contributed by atoms with Gasteiger partial charge in [-0.2, -0.15) is 0 Å². The van der Waals surface area contributed by atoms with Crippen LogP contribution >= 0.6 is 11.3 Å². The van der Waals surface area contributed by atoms with Crippen molar-refractivity contribution in [1.82, 2.24) is 30.2 Å². The third-order valence-electron chi connectivity index (χ3n) is 6.25. The SMILES string of the molecule is CCNC(=O)Nc1nc2cc(-c3cnc(NS(=O)(=O)CCN4CCOCC4)nc3)cc(-c3ccc(C)cn3)c2s1. The van der Waals surface area contributed by atoms with Crippen molar-refractivity contribution in [2.24, 2.45) is 0 Å². The highest BCUT2D eigenvalue weighted by molar-refractivity contribution is 7.92. The first-order chi connectivity index (χ1) is 19.3. The Morgan fingerprint density at radius 2 is 1.85 bits per heavy atom. The Hall–Kier alpha value is -3.72. The van der Waals surface area contributed by atoms with Crippen LogP contribution in [0.4, 0.5) is 15.9 Å². The zero-order valence-corrected chi connectivity index (χ0v) is 23.8. The molecule has 3 N–H and O–H groups in total. The van der Waals surface area contributed by atoms with Gasteiger partial charge in [0.1, 0.15) is 0 Å². The van der Waals surface area contributed by atoms with Crippen molar-refractivity contribution in [1.29, 1.82) is 0 Å². The molecule has 1 aromatic carbocycles. The van der Waals surface area contributed by atoms with E-state index in [2.05, 4.69) is 40.2 Å². The quantitative estimate of drug-likeness (QED) is 0.270. The average Bonchev–Trinajstić information content (AvgIpc) is 3.35. The number of aromatic nitrogens is 4. The number of morpholine rings is 1. The number of amides is 2. The Balaban J connectivity index is 1.40. The Morgan fingerprint density at radius 1 is 1.07 bits per heavy atom. The monoisotopic (exact) mass is 582 g/mol. The maximum absolute atomic E-state index is 12.6. The third kappa shape index (κ3) is 6.88. The molecule has 5 rings (SSSR count). The van der Waals surface area contributed by atoms with E-state index in [0.717, 1.165) is 27.1 Å². The Morgan fingerprint density at radius 3 is 2.55 bits per heavy atom. The summed E-state index contributed by atoms with van der Waals surface area (Å²) in [4.78, 5) is 31.9. The largest absolute Gasteiger partial charge is 0.379 e. The van der Waals surface area contributed by atoms with Gasteiger partial charge in [0.25, 0.3) is 0 Å². The molecule has 0 saturated carbocycles. The molecule has 12 nitrogen and oxygen atoms in total. The fourth-order valence-electron chi connectivity index (χ4n) is 4.17. The number of hydrogen-bond acceptors (Lipinski definition) is 10. The van der Waals surface area contributed by atoms with Gasteiger partial charge in [0.15, 0.2) is 5.13 Å².